The summed E-state index contributed by atoms with van der Waals surface area (Å²) in [6.45, 7) is 6.19. The summed E-state index contributed by atoms with van der Waals surface area (Å²) in [5.74, 6) is 0.244. The van der Waals surface area contributed by atoms with Crippen LogP contribution >= 0.6 is 22.6 Å². The fraction of sp³-hybridized carbons (Fsp3) is 0.211. The highest BCUT2D eigenvalue weighted by atomic mass is 127. The molecule has 0 aliphatic carbocycles. The van der Waals surface area contributed by atoms with E-state index in [0.29, 0.717) is 23.7 Å². The van der Waals surface area contributed by atoms with Crippen molar-refractivity contribution in [2.75, 3.05) is 13.2 Å². The maximum Gasteiger partial charge on any atom is 0.338 e. The Morgan fingerprint density at radius 1 is 1.24 bits per heavy atom. The van der Waals surface area contributed by atoms with Crippen LogP contribution in [0.5, 0.6) is 11.5 Å². The molecule has 0 aliphatic rings. The molecule has 0 aromatic heterocycles. The number of carbonyl (C=O) groups is 1. The molecule has 0 saturated carbocycles. The van der Waals surface area contributed by atoms with E-state index in [4.69, 9.17) is 14.2 Å². The van der Waals surface area contributed by atoms with E-state index in [1.54, 1.807) is 24.3 Å². The smallest absolute Gasteiger partial charge is 0.338 e. The van der Waals surface area contributed by atoms with Crippen molar-refractivity contribution >= 4 is 28.6 Å². The van der Waals surface area contributed by atoms with E-state index in [9.17, 15) is 9.18 Å². The topological polar surface area (TPSA) is 44.8 Å². The van der Waals surface area contributed by atoms with E-state index in [0.717, 1.165) is 9.13 Å². The molecule has 0 bridgehead atoms. The lowest BCUT2D eigenvalue weighted by Gasteiger charge is -2.15. The van der Waals surface area contributed by atoms with Crippen molar-refractivity contribution in [3.8, 4) is 11.5 Å². The molecule has 0 atom stereocenters. The minimum atomic E-state index is -0.455. The molecule has 6 heteroatoms. The second kappa shape index (κ2) is 9.41. The maximum atomic E-state index is 13.0. The lowest BCUT2D eigenvalue weighted by atomic mass is 10.2. The Labute approximate surface area is 159 Å². The van der Waals surface area contributed by atoms with Crippen molar-refractivity contribution < 1.29 is 23.4 Å². The molecule has 132 valence electrons. The van der Waals surface area contributed by atoms with Gasteiger partial charge < -0.3 is 14.2 Å². The average molecular weight is 456 g/mol. The molecule has 0 heterocycles. The first-order valence-corrected chi connectivity index (χ1v) is 8.74. The standard InChI is InChI=1S/C19H18FIO4/c1-3-9-24-19(22)14-10-16(21)18(17(11-14)23-4-2)25-12-13-5-7-15(20)8-6-13/h3,5-8,10-11H,1,4,9,12H2,2H3. The summed E-state index contributed by atoms with van der Waals surface area (Å²) in [7, 11) is 0. The normalized spacial score (nSPS) is 10.2. The molecular formula is C19H18FIO4. The number of hydrogen-bond acceptors (Lipinski definition) is 4. The van der Waals surface area contributed by atoms with Gasteiger partial charge in [-0.3, -0.25) is 0 Å². The molecule has 2 aromatic carbocycles. The van der Waals surface area contributed by atoms with Gasteiger partial charge in [-0.25, -0.2) is 9.18 Å². The number of esters is 1. The van der Waals surface area contributed by atoms with Crippen molar-refractivity contribution in [1.29, 1.82) is 0 Å². The fourth-order valence-electron chi connectivity index (χ4n) is 2.04. The Morgan fingerprint density at radius 3 is 2.60 bits per heavy atom. The molecule has 25 heavy (non-hydrogen) atoms. The lowest BCUT2D eigenvalue weighted by Crippen LogP contribution is -2.08. The van der Waals surface area contributed by atoms with Crippen LogP contribution < -0.4 is 9.47 Å². The zero-order valence-corrected chi connectivity index (χ0v) is 15.9. The third-order valence-corrected chi connectivity index (χ3v) is 3.98. The second-order valence-corrected chi connectivity index (χ2v) is 6.18. The molecule has 0 amide bonds. The first-order valence-electron chi connectivity index (χ1n) is 7.66. The highest BCUT2D eigenvalue weighted by Crippen LogP contribution is 2.35. The molecule has 2 aromatic rings. The van der Waals surface area contributed by atoms with Crippen molar-refractivity contribution in [3.05, 3.63) is 69.6 Å². The summed E-state index contributed by atoms with van der Waals surface area (Å²) in [6, 6.07) is 9.34. The Morgan fingerprint density at radius 2 is 1.96 bits per heavy atom. The van der Waals surface area contributed by atoms with Crippen LogP contribution in [0.4, 0.5) is 4.39 Å². The third kappa shape index (κ3) is 5.45. The van der Waals surface area contributed by atoms with E-state index in [2.05, 4.69) is 29.2 Å². The quantitative estimate of drug-likeness (QED) is 0.327. The molecule has 0 saturated heterocycles. The van der Waals surface area contributed by atoms with Crippen LogP contribution in [-0.4, -0.2) is 19.2 Å². The predicted octanol–water partition coefficient (Wildman–Crippen LogP) is 4.75. The molecule has 2 rings (SSSR count). The predicted molar refractivity (Wildman–Crippen MR) is 102 cm³/mol. The van der Waals surface area contributed by atoms with Crippen LogP contribution in [0.1, 0.15) is 22.8 Å². The van der Waals surface area contributed by atoms with E-state index in [-0.39, 0.29) is 19.0 Å². The van der Waals surface area contributed by atoms with Gasteiger partial charge in [0, 0.05) is 0 Å². The number of ether oxygens (including phenoxy) is 3. The molecular weight excluding hydrogens is 438 g/mol. The van der Waals surface area contributed by atoms with Gasteiger partial charge in [-0.05, 0) is 59.3 Å². The zero-order valence-electron chi connectivity index (χ0n) is 13.8. The van der Waals surface area contributed by atoms with Gasteiger partial charge in [0.15, 0.2) is 11.5 Å². The molecule has 0 radical (unpaired) electrons. The van der Waals surface area contributed by atoms with Crippen LogP contribution in [-0.2, 0) is 11.3 Å². The van der Waals surface area contributed by atoms with Crippen LogP contribution in [0.2, 0.25) is 0 Å². The van der Waals surface area contributed by atoms with Gasteiger partial charge in [0.05, 0.1) is 15.7 Å². The van der Waals surface area contributed by atoms with Gasteiger partial charge in [0.2, 0.25) is 0 Å². The minimum Gasteiger partial charge on any atom is -0.490 e. The molecule has 0 spiro atoms. The van der Waals surface area contributed by atoms with E-state index < -0.39 is 5.97 Å². The van der Waals surface area contributed by atoms with Crippen molar-refractivity contribution in [2.45, 2.75) is 13.5 Å². The number of rotatable bonds is 8. The van der Waals surface area contributed by atoms with Gasteiger partial charge in [0.25, 0.3) is 0 Å². The Kier molecular flexibility index (Phi) is 7.24. The van der Waals surface area contributed by atoms with Crippen molar-refractivity contribution in [3.63, 3.8) is 0 Å². The van der Waals surface area contributed by atoms with Gasteiger partial charge >= 0.3 is 5.97 Å². The SMILES string of the molecule is C=CCOC(=O)c1cc(I)c(OCc2ccc(F)cc2)c(OCC)c1. The molecule has 0 unspecified atom stereocenters. The van der Waals surface area contributed by atoms with Crippen molar-refractivity contribution in [1.82, 2.24) is 0 Å². The minimum absolute atomic E-state index is 0.141. The maximum absolute atomic E-state index is 13.0. The largest absolute Gasteiger partial charge is 0.490 e. The van der Waals surface area contributed by atoms with Crippen LogP contribution in [0.15, 0.2) is 49.1 Å². The molecule has 0 N–H and O–H groups in total. The lowest BCUT2D eigenvalue weighted by molar-refractivity contribution is 0.0549. The van der Waals surface area contributed by atoms with E-state index in [1.165, 1.54) is 18.2 Å². The summed E-state index contributed by atoms with van der Waals surface area (Å²) < 4.78 is 30.2. The number of hydrogen-bond donors (Lipinski definition) is 0. The molecule has 0 aliphatic heterocycles. The van der Waals surface area contributed by atoms with E-state index in [1.807, 2.05) is 6.92 Å². The summed E-state index contributed by atoms with van der Waals surface area (Å²) in [5.41, 5.74) is 1.21. The van der Waals surface area contributed by atoms with Crippen LogP contribution in [0.3, 0.4) is 0 Å². The summed E-state index contributed by atoms with van der Waals surface area (Å²) >= 11 is 2.08. The molecule has 4 nitrogen and oxygen atoms in total. The second-order valence-electron chi connectivity index (χ2n) is 5.02. The highest BCUT2D eigenvalue weighted by Gasteiger charge is 2.17. The summed E-state index contributed by atoms with van der Waals surface area (Å²) in [5, 5.41) is 0. The summed E-state index contributed by atoms with van der Waals surface area (Å²) in [4.78, 5) is 12.0. The van der Waals surface area contributed by atoms with Crippen LogP contribution in [0, 0.1) is 9.39 Å². The highest BCUT2D eigenvalue weighted by molar-refractivity contribution is 14.1. The van der Waals surface area contributed by atoms with E-state index >= 15 is 0 Å². The monoisotopic (exact) mass is 456 g/mol. The van der Waals surface area contributed by atoms with Crippen molar-refractivity contribution in [2.24, 2.45) is 0 Å². The zero-order chi connectivity index (χ0) is 18.2. The Hall–Kier alpha value is -2.09. The summed E-state index contributed by atoms with van der Waals surface area (Å²) in [6.07, 6.45) is 1.51. The van der Waals surface area contributed by atoms with Gasteiger partial charge in [0.1, 0.15) is 19.0 Å². The number of halogens is 2. The average Bonchev–Trinajstić information content (AvgIpc) is 2.60. The van der Waals surface area contributed by atoms with Gasteiger partial charge in [-0.15, -0.1) is 0 Å². The third-order valence-electron chi connectivity index (χ3n) is 3.17. The number of benzene rings is 2. The first kappa shape index (κ1) is 19.2. The fourth-order valence-corrected chi connectivity index (χ4v) is 2.80. The van der Waals surface area contributed by atoms with Gasteiger partial charge in [-0.2, -0.15) is 0 Å². The Bertz CT molecular complexity index is 744. The van der Waals surface area contributed by atoms with Gasteiger partial charge in [-0.1, -0.05) is 24.8 Å². The molecule has 0 fully saturated rings. The number of carbonyl (C=O) groups excluding carboxylic acids is 1. The van der Waals surface area contributed by atoms with Crippen LogP contribution in [0.25, 0.3) is 0 Å². The Balaban J connectivity index is 2.22. The first-order chi connectivity index (χ1) is 12.0.